The molecule has 0 aliphatic carbocycles. The predicted molar refractivity (Wildman–Crippen MR) is 115 cm³/mol. The first-order valence-corrected chi connectivity index (χ1v) is 10.2. The molecule has 29 heavy (non-hydrogen) atoms. The van der Waals surface area contributed by atoms with Gasteiger partial charge < -0.3 is 14.8 Å². The number of aryl methyl sites for hydroxylation is 1. The first-order chi connectivity index (χ1) is 14.0. The topological polar surface area (TPSA) is 64.6 Å². The van der Waals surface area contributed by atoms with Crippen LogP contribution >= 0.6 is 0 Å². The van der Waals surface area contributed by atoms with Gasteiger partial charge in [-0.3, -0.25) is 9.59 Å². The molecule has 0 fully saturated rings. The van der Waals surface area contributed by atoms with Crippen molar-refractivity contribution < 1.29 is 19.1 Å². The molecule has 1 amide bonds. The molecule has 5 nitrogen and oxygen atoms in total. The Kier molecular flexibility index (Phi) is 9.76. The van der Waals surface area contributed by atoms with Crippen molar-refractivity contribution in [2.45, 2.75) is 46.0 Å². The van der Waals surface area contributed by atoms with Crippen molar-refractivity contribution in [3.05, 3.63) is 60.2 Å². The van der Waals surface area contributed by atoms with Crippen LogP contribution in [0.15, 0.2) is 54.6 Å². The molecular formula is C24H31NO4. The smallest absolute Gasteiger partial charge is 0.305 e. The van der Waals surface area contributed by atoms with Gasteiger partial charge in [-0.1, -0.05) is 44.2 Å². The third-order valence-corrected chi connectivity index (χ3v) is 4.22. The minimum absolute atomic E-state index is 0.113. The van der Waals surface area contributed by atoms with E-state index in [0.29, 0.717) is 25.6 Å². The molecule has 2 aromatic rings. The molecule has 2 rings (SSSR count). The third-order valence-electron chi connectivity index (χ3n) is 4.22. The van der Waals surface area contributed by atoms with Crippen LogP contribution in [0.25, 0.3) is 0 Å². The van der Waals surface area contributed by atoms with Gasteiger partial charge in [0.1, 0.15) is 5.75 Å². The van der Waals surface area contributed by atoms with E-state index in [1.807, 2.05) is 42.5 Å². The van der Waals surface area contributed by atoms with E-state index in [9.17, 15) is 9.59 Å². The van der Waals surface area contributed by atoms with Crippen LogP contribution in [-0.2, 0) is 20.7 Å². The maximum absolute atomic E-state index is 12.0. The lowest BCUT2D eigenvalue weighted by molar-refractivity contribution is -0.143. The Morgan fingerprint density at radius 2 is 1.66 bits per heavy atom. The number of rotatable bonds is 12. The average molecular weight is 398 g/mol. The van der Waals surface area contributed by atoms with Crippen molar-refractivity contribution in [2.24, 2.45) is 5.92 Å². The SMILES string of the molecule is CC(C)COc1ccc(NC(=O)CCCC(=O)OCCCc2ccccc2)cc1. The molecule has 1 N–H and O–H groups in total. The van der Waals surface area contributed by atoms with Gasteiger partial charge in [0.25, 0.3) is 0 Å². The second kappa shape index (κ2) is 12.6. The summed E-state index contributed by atoms with van der Waals surface area (Å²) in [5, 5.41) is 2.83. The average Bonchev–Trinajstić information content (AvgIpc) is 2.71. The van der Waals surface area contributed by atoms with Crippen LogP contribution in [0.3, 0.4) is 0 Å². The molecular weight excluding hydrogens is 366 g/mol. The molecule has 0 saturated heterocycles. The quantitative estimate of drug-likeness (QED) is 0.404. The fraction of sp³-hybridized carbons (Fsp3) is 0.417. The number of hydrogen-bond acceptors (Lipinski definition) is 4. The molecule has 0 aliphatic heterocycles. The second-order valence-electron chi connectivity index (χ2n) is 7.44. The summed E-state index contributed by atoms with van der Waals surface area (Å²) in [6.45, 7) is 5.25. The fourth-order valence-corrected chi connectivity index (χ4v) is 2.69. The van der Waals surface area contributed by atoms with E-state index in [1.54, 1.807) is 0 Å². The Morgan fingerprint density at radius 1 is 0.931 bits per heavy atom. The Bertz CT molecular complexity index is 741. The summed E-state index contributed by atoms with van der Waals surface area (Å²) >= 11 is 0. The van der Waals surface area contributed by atoms with Crippen LogP contribution in [-0.4, -0.2) is 25.1 Å². The van der Waals surface area contributed by atoms with Gasteiger partial charge in [-0.25, -0.2) is 0 Å². The maximum atomic E-state index is 12.0. The maximum Gasteiger partial charge on any atom is 0.305 e. The lowest BCUT2D eigenvalue weighted by atomic mass is 10.1. The number of benzene rings is 2. The van der Waals surface area contributed by atoms with Crippen molar-refractivity contribution in [1.29, 1.82) is 0 Å². The van der Waals surface area contributed by atoms with E-state index in [2.05, 4.69) is 31.3 Å². The Morgan fingerprint density at radius 3 is 2.34 bits per heavy atom. The standard InChI is InChI=1S/C24H31NO4/c1-19(2)18-29-22-15-13-21(14-16-22)25-23(26)11-6-12-24(27)28-17-7-10-20-8-4-3-5-9-20/h3-5,8-9,13-16,19H,6-7,10-12,17-18H2,1-2H3,(H,25,26). The van der Waals surface area contributed by atoms with Crippen LogP contribution in [0.2, 0.25) is 0 Å². The molecule has 0 spiro atoms. The number of anilines is 1. The van der Waals surface area contributed by atoms with Crippen LogP contribution < -0.4 is 10.1 Å². The van der Waals surface area contributed by atoms with E-state index in [1.165, 1.54) is 5.56 Å². The Labute approximate surface area is 173 Å². The molecule has 0 radical (unpaired) electrons. The molecule has 5 heteroatoms. The first kappa shape index (κ1) is 22.5. The summed E-state index contributed by atoms with van der Waals surface area (Å²) in [5.74, 6) is 0.881. The zero-order valence-corrected chi connectivity index (χ0v) is 17.4. The van der Waals surface area contributed by atoms with E-state index in [-0.39, 0.29) is 24.7 Å². The minimum Gasteiger partial charge on any atom is -0.493 e. The minimum atomic E-state index is -0.252. The zero-order chi connectivity index (χ0) is 20.9. The summed E-state index contributed by atoms with van der Waals surface area (Å²) in [7, 11) is 0. The highest BCUT2D eigenvalue weighted by Gasteiger charge is 2.07. The Hall–Kier alpha value is -2.82. The zero-order valence-electron chi connectivity index (χ0n) is 17.4. The summed E-state index contributed by atoms with van der Waals surface area (Å²) in [6.07, 6.45) is 2.69. The molecule has 0 unspecified atom stereocenters. The molecule has 2 aromatic carbocycles. The van der Waals surface area contributed by atoms with Gasteiger partial charge in [0.2, 0.25) is 5.91 Å². The molecule has 0 heterocycles. The number of esters is 1. The number of ether oxygens (including phenoxy) is 2. The van der Waals surface area contributed by atoms with Gasteiger partial charge in [-0.2, -0.15) is 0 Å². The van der Waals surface area contributed by atoms with Crippen LogP contribution in [0.5, 0.6) is 5.75 Å². The van der Waals surface area contributed by atoms with E-state index in [0.717, 1.165) is 24.3 Å². The van der Waals surface area contributed by atoms with Crippen molar-refractivity contribution in [1.82, 2.24) is 0 Å². The normalized spacial score (nSPS) is 10.6. The third kappa shape index (κ3) is 9.79. The number of amides is 1. The highest BCUT2D eigenvalue weighted by Crippen LogP contribution is 2.17. The number of hydrogen-bond donors (Lipinski definition) is 1. The number of carbonyl (C=O) groups excluding carboxylic acids is 2. The van der Waals surface area contributed by atoms with E-state index >= 15 is 0 Å². The molecule has 0 saturated carbocycles. The predicted octanol–water partition coefficient (Wildman–Crippen LogP) is 5.01. The van der Waals surface area contributed by atoms with Crippen LogP contribution in [0.4, 0.5) is 5.69 Å². The van der Waals surface area contributed by atoms with Crippen LogP contribution in [0.1, 0.15) is 45.1 Å². The van der Waals surface area contributed by atoms with Crippen molar-refractivity contribution in [3.63, 3.8) is 0 Å². The first-order valence-electron chi connectivity index (χ1n) is 10.2. The van der Waals surface area contributed by atoms with Crippen molar-refractivity contribution in [3.8, 4) is 5.75 Å². The lowest BCUT2D eigenvalue weighted by Gasteiger charge is -2.10. The summed E-state index contributed by atoms with van der Waals surface area (Å²) < 4.78 is 10.9. The largest absolute Gasteiger partial charge is 0.493 e. The van der Waals surface area contributed by atoms with Gasteiger partial charge in [0, 0.05) is 18.5 Å². The molecule has 156 valence electrons. The number of carbonyl (C=O) groups is 2. The lowest BCUT2D eigenvalue weighted by Crippen LogP contribution is -2.13. The molecule has 0 aromatic heterocycles. The Balaban J connectivity index is 1.56. The summed E-state index contributed by atoms with van der Waals surface area (Å²) in [6, 6.07) is 17.4. The highest BCUT2D eigenvalue weighted by molar-refractivity contribution is 5.90. The van der Waals surface area contributed by atoms with Crippen molar-refractivity contribution in [2.75, 3.05) is 18.5 Å². The summed E-state index contributed by atoms with van der Waals surface area (Å²) in [4.78, 5) is 23.8. The van der Waals surface area contributed by atoms with Gasteiger partial charge in [0.15, 0.2) is 0 Å². The molecule has 0 aliphatic rings. The van der Waals surface area contributed by atoms with Gasteiger partial charge in [0.05, 0.1) is 13.2 Å². The second-order valence-corrected chi connectivity index (χ2v) is 7.44. The van der Waals surface area contributed by atoms with Crippen molar-refractivity contribution >= 4 is 17.6 Å². The van der Waals surface area contributed by atoms with E-state index in [4.69, 9.17) is 9.47 Å². The molecule has 0 atom stereocenters. The van der Waals surface area contributed by atoms with E-state index < -0.39 is 0 Å². The monoisotopic (exact) mass is 397 g/mol. The summed E-state index contributed by atoms with van der Waals surface area (Å²) in [5.41, 5.74) is 1.95. The van der Waals surface area contributed by atoms with Crippen LogP contribution in [0, 0.1) is 5.92 Å². The number of nitrogens with one attached hydrogen (secondary N) is 1. The van der Waals surface area contributed by atoms with Gasteiger partial charge in [-0.15, -0.1) is 0 Å². The highest BCUT2D eigenvalue weighted by atomic mass is 16.5. The molecule has 0 bridgehead atoms. The fourth-order valence-electron chi connectivity index (χ4n) is 2.69. The van der Waals surface area contributed by atoms with Gasteiger partial charge >= 0.3 is 5.97 Å². The van der Waals surface area contributed by atoms with Gasteiger partial charge in [-0.05, 0) is 55.0 Å².